The highest BCUT2D eigenvalue weighted by atomic mass is 16.8. The lowest BCUT2D eigenvalue weighted by molar-refractivity contribution is -0.328. The van der Waals surface area contributed by atoms with Crippen LogP contribution in [0.2, 0.25) is 0 Å². The van der Waals surface area contributed by atoms with Gasteiger partial charge in [-0.25, -0.2) is 14.4 Å². The predicted octanol–water partition coefficient (Wildman–Crippen LogP) is -5.22. The first-order chi connectivity index (χ1) is 40.0. The molecule has 0 aromatic carbocycles. The molecule has 0 spiro atoms. The lowest BCUT2D eigenvalue weighted by atomic mass is 9.86. The fourth-order valence-corrected chi connectivity index (χ4v) is 9.77. The quantitative estimate of drug-likeness (QED) is 0.0291. The highest BCUT2D eigenvalue weighted by Gasteiger charge is 2.51. The number of allylic oxidation sites excluding steroid dienone is 2. The minimum absolute atomic E-state index is 0.0600. The van der Waals surface area contributed by atoms with Crippen LogP contribution in [0.1, 0.15) is 33.1 Å². The molecule has 84 heavy (non-hydrogen) atoms. The molecule has 0 saturated carbocycles. The molecule has 6 aliphatic heterocycles. The van der Waals surface area contributed by atoms with Gasteiger partial charge in [0, 0.05) is 34.5 Å². The minimum atomic E-state index is -2.03. The van der Waals surface area contributed by atoms with Crippen molar-refractivity contribution in [3.8, 4) is 0 Å². The molecule has 21 unspecified atom stereocenters. The van der Waals surface area contributed by atoms with Crippen molar-refractivity contribution in [3.05, 3.63) is 70.5 Å². The second-order valence-electron chi connectivity index (χ2n) is 19.4. The van der Waals surface area contributed by atoms with Crippen molar-refractivity contribution in [1.82, 2.24) is 0 Å². The molecule has 3 saturated heterocycles. The molecular formula is C52H70O32. The van der Waals surface area contributed by atoms with Gasteiger partial charge in [0.25, 0.3) is 0 Å². The van der Waals surface area contributed by atoms with Crippen molar-refractivity contribution in [2.24, 2.45) is 17.8 Å². The molecule has 0 radical (unpaired) electrons. The van der Waals surface area contributed by atoms with Crippen molar-refractivity contribution in [1.29, 1.82) is 0 Å². The van der Waals surface area contributed by atoms with Crippen LogP contribution in [0.15, 0.2) is 70.5 Å². The molecule has 470 valence electrons. The lowest BCUT2D eigenvalue weighted by Crippen LogP contribution is -2.60. The number of ether oxygens (including phenoxy) is 15. The molecule has 6 rings (SSSR count). The summed E-state index contributed by atoms with van der Waals surface area (Å²) in [4.78, 5) is 79.3. The van der Waals surface area contributed by atoms with E-state index in [0.717, 1.165) is 53.3 Å². The maximum atomic E-state index is 14.0. The standard InChI is InChI=1S/C52H70O32/c1-7-20-23(11-32(55)70-3)26(44(67)71-4)16-76-47(20)83-52-43(66)40(63)37(60)31(81-52)19-75-34(57)13-25-22(49(78-18-28(25)46(69)73-6)84-51-42(65)39(62)36(59)30(15-54)80-51)9-10-74-33(56)12-24-21(8-2)48(77-17-27(24)45(68)72-5)82-50-41(64)38(61)35(58)29(14-53)79-50/h7-9,16-18,23-25,29-31,35-43,47-54,58-66H,10-15,19H2,1-6H3. The van der Waals surface area contributed by atoms with E-state index in [-0.39, 0.29) is 34.3 Å². The Bertz CT molecular complexity index is 2520. The summed E-state index contributed by atoms with van der Waals surface area (Å²) >= 11 is 0. The number of rotatable bonds is 21. The van der Waals surface area contributed by atoms with Gasteiger partial charge in [-0.15, -0.1) is 0 Å². The molecule has 0 amide bonds. The molecule has 21 atom stereocenters. The van der Waals surface area contributed by atoms with E-state index in [1.165, 1.54) is 26.0 Å². The zero-order chi connectivity index (χ0) is 61.9. The molecule has 3 fully saturated rings. The van der Waals surface area contributed by atoms with Crippen LogP contribution < -0.4 is 0 Å². The van der Waals surface area contributed by atoms with Gasteiger partial charge in [-0.3, -0.25) is 14.4 Å². The molecule has 32 nitrogen and oxygen atoms in total. The molecule has 6 aliphatic rings. The van der Waals surface area contributed by atoms with Crippen LogP contribution >= 0.6 is 0 Å². The number of carbonyl (C=O) groups is 6. The van der Waals surface area contributed by atoms with Crippen LogP contribution in [-0.2, 0) is 99.8 Å². The minimum Gasteiger partial charge on any atom is -0.469 e. The number of aliphatic hydroxyl groups excluding tert-OH is 11. The number of aliphatic hydroxyl groups is 11. The summed E-state index contributed by atoms with van der Waals surface area (Å²) < 4.78 is 81.9. The fraction of sp³-hybridized carbons (Fsp3) is 0.654. The van der Waals surface area contributed by atoms with Gasteiger partial charge < -0.3 is 127 Å². The van der Waals surface area contributed by atoms with Crippen molar-refractivity contribution >= 4 is 35.8 Å². The van der Waals surface area contributed by atoms with Crippen molar-refractivity contribution < 1.29 is 156 Å². The SMILES string of the molecule is CC=C1C(OC2OC(CO)C(O)C(O)C2O)OC=C(C(=O)OC)C1CC(=O)OCC=C1C(OC2OC(CO)C(O)C(O)C2O)OC=C(C(=O)OC)C1CC(=O)OCC1OC(OC2OC=C(C(=O)OC)C(CC(=O)OC)C2=CC)C(O)C(O)C1O. The molecule has 0 aliphatic carbocycles. The van der Waals surface area contributed by atoms with E-state index in [1.807, 2.05) is 0 Å². The van der Waals surface area contributed by atoms with Gasteiger partial charge in [-0.1, -0.05) is 12.2 Å². The molecule has 6 heterocycles. The third-order valence-corrected chi connectivity index (χ3v) is 14.5. The Morgan fingerprint density at radius 2 is 0.774 bits per heavy atom. The van der Waals surface area contributed by atoms with Crippen LogP contribution in [0, 0.1) is 17.8 Å². The van der Waals surface area contributed by atoms with Crippen LogP contribution in [0.3, 0.4) is 0 Å². The summed E-state index contributed by atoms with van der Waals surface area (Å²) in [5, 5.41) is 116. The highest BCUT2D eigenvalue weighted by molar-refractivity contribution is 5.92. The second-order valence-corrected chi connectivity index (χ2v) is 19.4. The molecule has 11 N–H and O–H groups in total. The smallest absolute Gasteiger partial charge is 0.337 e. The summed E-state index contributed by atoms with van der Waals surface area (Å²) in [6.07, 6.45) is -27.5. The average molecular weight is 1210 g/mol. The van der Waals surface area contributed by atoms with E-state index in [0.29, 0.717) is 0 Å². The third-order valence-electron chi connectivity index (χ3n) is 14.5. The van der Waals surface area contributed by atoms with Gasteiger partial charge in [0.15, 0.2) is 18.9 Å². The zero-order valence-electron chi connectivity index (χ0n) is 46.0. The summed E-state index contributed by atoms with van der Waals surface area (Å²) in [5.41, 5.74) is -0.763. The van der Waals surface area contributed by atoms with Gasteiger partial charge in [-0.2, -0.15) is 0 Å². The number of esters is 6. The maximum absolute atomic E-state index is 14.0. The Morgan fingerprint density at radius 3 is 1.13 bits per heavy atom. The Kier molecular flexibility index (Phi) is 24.3. The second kappa shape index (κ2) is 30.4. The Morgan fingerprint density at radius 1 is 0.440 bits per heavy atom. The normalized spacial score (nSPS) is 37.5. The van der Waals surface area contributed by atoms with Gasteiger partial charge >= 0.3 is 35.8 Å². The molecule has 32 heteroatoms. The van der Waals surface area contributed by atoms with E-state index in [4.69, 9.17) is 71.1 Å². The highest BCUT2D eigenvalue weighted by Crippen LogP contribution is 2.40. The summed E-state index contributed by atoms with van der Waals surface area (Å²) in [6, 6.07) is 0. The molecule has 0 bridgehead atoms. The van der Waals surface area contributed by atoms with Crippen LogP contribution in [0.25, 0.3) is 0 Å². The van der Waals surface area contributed by atoms with E-state index >= 15 is 0 Å². The molecular weight excluding hydrogens is 1140 g/mol. The fourth-order valence-electron chi connectivity index (χ4n) is 9.77. The van der Waals surface area contributed by atoms with Gasteiger partial charge in [0.2, 0.25) is 18.9 Å². The maximum Gasteiger partial charge on any atom is 0.337 e. The van der Waals surface area contributed by atoms with Gasteiger partial charge in [0.1, 0.15) is 86.5 Å². The van der Waals surface area contributed by atoms with Crippen molar-refractivity contribution in [3.63, 3.8) is 0 Å². The lowest BCUT2D eigenvalue weighted by Gasteiger charge is -2.42. The van der Waals surface area contributed by atoms with Crippen LogP contribution in [0.5, 0.6) is 0 Å². The third kappa shape index (κ3) is 15.1. The van der Waals surface area contributed by atoms with Crippen molar-refractivity contribution in [2.45, 2.75) is 144 Å². The first-order valence-corrected chi connectivity index (χ1v) is 26.0. The number of methoxy groups -OCH3 is 4. The van der Waals surface area contributed by atoms with Crippen molar-refractivity contribution in [2.75, 3.05) is 54.9 Å². The van der Waals surface area contributed by atoms with Gasteiger partial charge in [0.05, 0.1) is 96.4 Å². The average Bonchev–Trinajstić information content (AvgIpc) is 3.68. The van der Waals surface area contributed by atoms with E-state index < -0.39 is 209 Å². The van der Waals surface area contributed by atoms with E-state index in [2.05, 4.69) is 0 Å². The number of carbonyl (C=O) groups excluding carboxylic acids is 6. The Labute approximate surface area is 478 Å². The molecule has 0 aromatic heterocycles. The van der Waals surface area contributed by atoms with Crippen LogP contribution in [-0.4, -0.2) is 258 Å². The zero-order valence-corrected chi connectivity index (χ0v) is 46.0. The Balaban J connectivity index is 1.24. The summed E-state index contributed by atoms with van der Waals surface area (Å²) in [6.45, 7) is -0.328. The Hall–Kier alpha value is -6.02. The predicted molar refractivity (Wildman–Crippen MR) is 266 cm³/mol. The van der Waals surface area contributed by atoms with E-state index in [9.17, 15) is 84.9 Å². The van der Waals surface area contributed by atoms with Gasteiger partial charge in [-0.05, 0) is 19.9 Å². The largest absolute Gasteiger partial charge is 0.469 e. The monoisotopic (exact) mass is 1210 g/mol. The summed E-state index contributed by atoms with van der Waals surface area (Å²) in [5.74, 6) is -9.71. The van der Waals surface area contributed by atoms with E-state index in [1.54, 1.807) is 0 Å². The topological polar surface area (TPSA) is 463 Å². The summed E-state index contributed by atoms with van der Waals surface area (Å²) in [7, 11) is 4.26. The first kappa shape index (κ1) is 67.1. The van der Waals surface area contributed by atoms with Crippen LogP contribution in [0.4, 0.5) is 0 Å². The first-order valence-electron chi connectivity index (χ1n) is 26.0. The number of hydrogen-bond acceptors (Lipinski definition) is 32. The molecule has 0 aromatic rings. The number of hydrogen-bond donors (Lipinski definition) is 11.